The molecule has 0 aromatic carbocycles. The summed E-state index contributed by atoms with van der Waals surface area (Å²) in [7, 11) is 5.91. The predicted octanol–water partition coefficient (Wildman–Crippen LogP) is -4.61. The average Bonchev–Trinajstić information content (AvgIpc) is 2.84. The fraction of sp³-hybridized carbons (Fsp3) is 0.700. The number of rotatable bonds is 18. The number of aliphatic carboxylic acids is 2. The van der Waals surface area contributed by atoms with Gasteiger partial charge in [0.25, 0.3) is 0 Å². The van der Waals surface area contributed by atoms with Crippen LogP contribution < -0.4 is 10.2 Å². The molecule has 0 saturated carbocycles. The van der Waals surface area contributed by atoms with Gasteiger partial charge in [-0.05, 0) is 0 Å². The third-order valence-electron chi connectivity index (χ3n) is 4.05. The van der Waals surface area contributed by atoms with E-state index in [0.717, 1.165) is 0 Å². The van der Waals surface area contributed by atoms with Crippen LogP contribution in [0, 0.1) is 0 Å². The Morgan fingerprint density at radius 3 is 0.946 bits per heavy atom. The summed E-state index contributed by atoms with van der Waals surface area (Å²) in [6.45, 7) is 2.31. The number of methoxy groups -OCH3 is 4. The molecule has 212 valence electrons. The minimum absolute atomic E-state index is 0.277. The molecule has 2 amide bonds. The summed E-state index contributed by atoms with van der Waals surface area (Å²) in [6, 6.07) is 0. The van der Waals surface area contributed by atoms with Gasteiger partial charge in [0.05, 0.1) is 39.3 Å². The first kappa shape index (κ1) is 38.9. The number of carbonyl (C=O) groups is 6. The Morgan fingerprint density at radius 2 is 0.784 bits per heavy atom. The Labute approximate surface area is 222 Å². The SMILES string of the molecule is COCCN(CCOC)C(=O)CC(=O)C(=O)[O-].COCCN(CCOC)C(=O)CC(=O)C(=O)[O-].[O]=[Mo+2]=[O]. The van der Waals surface area contributed by atoms with Crippen LogP contribution in [-0.4, -0.2) is 126 Å². The van der Waals surface area contributed by atoms with Crippen LogP contribution in [0.3, 0.4) is 0 Å². The molecule has 0 radical (unpaired) electrons. The van der Waals surface area contributed by atoms with Crippen molar-refractivity contribution < 1.29 is 83.2 Å². The van der Waals surface area contributed by atoms with Crippen LogP contribution in [0.25, 0.3) is 0 Å². The number of Topliss-reactive ketones (excluding diaryl/α,β-unsaturated/α-hetero) is 2. The third-order valence-corrected chi connectivity index (χ3v) is 4.05. The molecule has 0 heterocycles. The topological polar surface area (TPSA) is 226 Å². The van der Waals surface area contributed by atoms with Crippen molar-refractivity contribution in [1.29, 1.82) is 0 Å². The van der Waals surface area contributed by atoms with Gasteiger partial charge in [-0.3, -0.25) is 19.2 Å². The number of amides is 2. The fourth-order valence-corrected chi connectivity index (χ4v) is 2.17. The number of ether oxygens (including phenoxy) is 4. The second kappa shape index (κ2) is 26.4. The number of carbonyl (C=O) groups excluding carboxylic acids is 6. The van der Waals surface area contributed by atoms with Gasteiger partial charge in [-0.15, -0.1) is 0 Å². The maximum atomic E-state index is 11.6. The van der Waals surface area contributed by atoms with Crippen molar-refractivity contribution in [3.05, 3.63) is 0 Å². The Hall–Kier alpha value is -2.65. The van der Waals surface area contributed by atoms with Crippen LogP contribution in [0.15, 0.2) is 0 Å². The zero-order valence-corrected chi connectivity index (χ0v) is 23.1. The fourth-order valence-electron chi connectivity index (χ4n) is 2.17. The quantitative estimate of drug-likeness (QED) is 0.0799. The summed E-state index contributed by atoms with van der Waals surface area (Å²) < 4.78 is 36.2. The summed E-state index contributed by atoms with van der Waals surface area (Å²) in [5.74, 6) is -7.31. The molecule has 0 aliphatic rings. The molecule has 0 aliphatic heterocycles. The Kier molecular flexibility index (Phi) is 27.7. The zero-order valence-electron chi connectivity index (χ0n) is 21.1. The summed E-state index contributed by atoms with van der Waals surface area (Å²) >= 11 is -2.03. The predicted molar refractivity (Wildman–Crippen MR) is 111 cm³/mol. The van der Waals surface area contributed by atoms with Gasteiger partial charge in [-0.25, -0.2) is 0 Å². The van der Waals surface area contributed by atoms with Gasteiger partial charge in [0.2, 0.25) is 11.8 Å². The molecule has 17 heteroatoms. The van der Waals surface area contributed by atoms with Crippen LogP contribution in [0.4, 0.5) is 0 Å². The van der Waals surface area contributed by atoms with E-state index in [2.05, 4.69) is 0 Å². The summed E-state index contributed by atoms with van der Waals surface area (Å²) in [4.78, 5) is 67.8. The number of hydrogen-bond acceptors (Lipinski definition) is 14. The molecular formula is C20H32MoN2O14. The van der Waals surface area contributed by atoms with Crippen molar-refractivity contribution in [2.75, 3.05) is 81.0 Å². The van der Waals surface area contributed by atoms with Crippen molar-refractivity contribution in [2.45, 2.75) is 12.8 Å². The van der Waals surface area contributed by atoms with Gasteiger partial charge >= 0.3 is 25.3 Å². The summed E-state index contributed by atoms with van der Waals surface area (Å²) in [5.41, 5.74) is 0. The van der Waals surface area contributed by atoms with Crippen molar-refractivity contribution >= 4 is 35.3 Å². The molecule has 0 fully saturated rings. The number of hydrogen-bond donors (Lipinski definition) is 0. The molecule has 37 heavy (non-hydrogen) atoms. The third kappa shape index (κ3) is 23.5. The van der Waals surface area contributed by atoms with E-state index in [4.69, 9.17) is 25.7 Å². The maximum absolute atomic E-state index is 11.6. The van der Waals surface area contributed by atoms with E-state index in [1.807, 2.05) is 0 Å². The van der Waals surface area contributed by atoms with Crippen LogP contribution in [0.2, 0.25) is 0 Å². The Morgan fingerprint density at radius 1 is 0.568 bits per heavy atom. The number of ketones is 2. The molecule has 0 N–H and O–H groups in total. The molecular weight excluding hydrogens is 588 g/mol. The van der Waals surface area contributed by atoms with Gasteiger partial charge in [0.1, 0.15) is 11.9 Å². The number of carboxylic acid groups (broad SMARTS) is 2. The van der Waals surface area contributed by atoms with E-state index in [0.29, 0.717) is 26.4 Å². The van der Waals surface area contributed by atoms with Crippen molar-refractivity contribution in [3.63, 3.8) is 0 Å². The van der Waals surface area contributed by atoms with Crippen LogP contribution in [0.5, 0.6) is 0 Å². The van der Waals surface area contributed by atoms with Crippen molar-refractivity contribution in [3.8, 4) is 0 Å². The van der Waals surface area contributed by atoms with Gasteiger partial charge in [-0.2, -0.15) is 0 Å². The first-order valence-corrected chi connectivity index (χ1v) is 12.0. The molecule has 0 atom stereocenters. The van der Waals surface area contributed by atoms with Crippen molar-refractivity contribution in [2.24, 2.45) is 0 Å². The first-order valence-electron chi connectivity index (χ1n) is 10.4. The first-order chi connectivity index (χ1) is 17.5. The Bertz CT molecular complexity index is 683. The van der Waals surface area contributed by atoms with E-state index in [1.54, 1.807) is 0 Å². The second-order valence-corrected chi connectivity index (χ2v) is 6.91. The van der Waals surface area contributed by atoms with Gasteiger partial charge < -0.3 is 48.5 Å². The van der Waals surface area contributed by atoms with Gasteiger partial charge in [0.15, 0.2) is 11.6 Å². The molecule has 0 unspecified atom stereocenters. The molecule has 16 nitrogen and oxygen atoms in total. The normalized spacial score (nSPS) is 9.41. The molecule has 0 rings (SSSR count). The van der Waals surface area contributed by atoms with E-state index in [9.17, 15) is 39.0 Å². The molecule has 0 bridgehead atoms. The zero-order chi connectivity index (χ0) is 29.2. The second-order valence-electron chi connectivity index (χ2n) is 6.58. The van der Waals surface area contributed by atoms with E-state index >= 15 is 0 Å². The van der Waals surface area contributed by atoms with E-state index in [1.165, 1.54) is 38.2 Å². The van der Waals surface area contributed by atoms with E-state index in [-0.39, 0.29) is 26.2 Å². The molecule has 0 aromatic rings. The Balaban J connectivity index is -0.000000564. The van der Waals surface area contributed by atoms with Crippen LogP contribution in [-0.2, 0) is 73.0 Å². The number of nitrogens with zero attached hydrogens (tertiary/aromatic N) is 2. The molecule has 0 aromatic heterocycles. The molecule has 0 saturated heterocycles. The standard InChI is InChI=1S/2C10H17NO6.Mo.2O/c2*1-16-5-3-11(4-6-17-2)9(13)7-8(12)10(14)15;;;/h2*3-7H2,1-2H3,(H,14,15);;;/q;;+2;;/p-2. The molecule has 0 spiro atoms. The number of carboxylic acids is 2. The van der Waals surface area contributed by atoms with Gasteiger partial charge in [-0.1, -0.05) is 0 Å². The monoisotopic (exact) mass is 622 g/mol. The van der Waals surface area contributed by atoms with E-state index < -0.39 is 66.7 Å². The van der Waals surface area contributed by atoms with Crippen molar-refractivity contribution in [1.82, 2.24) is 9.80 Å². The molecule has 0 aliphatic carbocycles. The van der Waals surface area contributed by atoms with Crippen LogP contribution >= 0.6 is 0 Å². The minimum atomic E-state index is -2.03. The van der Waals surface area contributed by atoms with Gasteiger partial charge in [0, 0.05) is 54.6 Å². The summed E-state index contributed by atoms with van der Waals surface area (Å²) in [6.07, 6.45) is -1.40. The average molecular weight is 620 g/mol. The summed E-state index contributed by atoms with van der Waals surface area (Å²) in [5, 5.41) is 20.4. The van der Waals surface area contributed by atoms with Crippen LogP contribution in [0.1, 0.15) is 12.8 Å².